The third kappa shape index (κ3) is 3.71. The number of halogens is 1. The first-order chi connectivity index (χ1) is 7.95. The Kier molecular flexibility index (Phi) is 4.96. The van der Waals surface area contributed by atoms with Gasteiger partial charge in [0, 0.05) is 23.1 Å². The van der Waals surface area contributed by atoms with Gasteiger partial charge in [-0.15, -0.1) is 12.6 Å². The fourth-order valence-corrected chi connectivity index (χ4v) is 1.46. The van der Waals surface area contributed by atoms with E-state index in [-0.39, 0.29) is 29.4 Å². The van der Waals surface area contributed by atoms with E-state index in [2.05, 4.69) is 17.9 Å². The minimum absolute atomic E-state index is 0.00266. The second-order valence-electron chi connectivity index (χ2n) is 4.09. The Hall–Kier alpha value is -1.07. The Morgan fingerprint density at radius 1 is 1.53 bits per heavy atom. The SMILES string of the molecule is CC(CO)C(C)NC(=O)c1ccc(F)c(S)c1. The lowest BCUT2D eigenvalue weighted by Crippen LogP contribution is -2.38. The Morgan fingerprint density at radius 3 is 2.71 bits per heavy atom. The third-order valence-electron chi connectivity index (χ3n) is 2.71. The van der Waals surface area contributed by atoms with E-state index in [0.717, 1.165) is 0 Å². The van der Waals surface area contributed by atoms with Crippen LogP contribution < -0.4 is 5.32 Å². The van der Waals surface area contributed by atoms with E-state index in [4.69, 9.17) is 5.11 Å². The molecular formula is C12H16FNO2S. The lowest BCUT2D eigenvalue weighted by Gasteiger charge is -2.19. The van der Waals surface area contributed by atoms with Gasteiger partial charge in [0.1, 0.15) is 5.82 Å². The van der Waals surface area contributed by atoms with Gasteiger partial charge >= 0.3 is 0 Å². The zero-order valence-corrected chi connectivity index (χ0v) is 10.7. The molecule has 0 aliphatic carbocycles. The van der Waals surface area contributed by atoms with Crippen LogP contribution in [0.5, 0.6) is 0 Å². The van der Waals surface area contributed by atoms with Crippen molar-refractivity contribution < 1.29 is 14.3 Å². The van der Waals surface area contributed by atoms with Gasteiger partial charge in [0.05, 0.1) is 0 Å². The number of hydrogen-bond donors (Lipinski definition) is 3. The molecule has 0 spiro atoms. The number of carbonyl (C=O) groups excluding carboxylic acids is 1. The van der Waals surface area contributed by atoms with Crippen molar-refractivity contribution in [2.75, 3.05) is 6.61 Å². The molecule has 0 radical (unpaired) electrons. The molecule has 1 aromatic carbocycles. The van der Waals surface area contributed by atoms with Crippen LogP contribution in [-0.4, -0.2) is 23.7 Å². The number of aliphatic hydroxyl groups excluding tert-OH is 1. The highest BCUT2D eigenvalue weighted by atomic mass is 32.1. The molecule has 0 aliphatic rings. The second kappa shape index (κ2) is 6.02. The fraction of sp³-hybridized carbons (Fsp3) is 0.417. The summed E-state index contributed by atoms with van der Waals surface area (Å²) in [6, 6.07) is 3.84. The summed E-state index contributed by atoms with van der Waals surface area (Å²) < 4.78 is 13.0. The highest BCUT2D eigenvalue weighted by molar-refractivity contribution is 7.80. The Morgan fingerprint density at radius 2 is 2.18 bits per heavy atom. The molecule has 17 heavy (non-hydrogen) atoms. The maximum absolute atomic E-state index is 13.0. The number of nitrogens with one attached hydrogen (secondary N) is 1. The average molecular weight is 257 g/mol. The highest BCUT2D eigenvalue weighted by Crippen LogP contribution is 2.14. The van der Waals surface area contributed by atoms with Crippen LogP contribution in [0.1, 0.15) is 24.2 Å². The molecule has 3 nitrogen and oxygen atoms in total. The number of hydrogen-bond acceptors (Lipinski definition) is 3. The molecule has 2 N–H and O–H groups in total. The number of thiol groups is 1. The minimum atomic E-state index is -0.457. The van der Waals surface area contributed by atoms with E-state index in [9.17, 15) is 9.18 Å². The van der Waals surface area contributed by atoms with E-state index in [1.54, 1.807) is 0 Å². The van der Waals surface area contributed by atoms with Crippen LogP contribution in [0.2, 0.25) is 0 Å². The first kappa shape index (κ1) is 14.0. The second-order valence-corrected chi connectivity index (χ2v) is 4.57. The molecule has 0 heterocycles. The molecule has 0 saturated carbocycles. The Bertz CT molecular complexity index is 411. The number of benzene rings is 1. The van der Waals surface area contributed by atoms with Gasteiger partial charge in [0.25, 0.3) is 5.91 Å². The van der Waals surface area contributed by atoms with E-state index >= 15 is 0 Å². The van der Waals surface area contributed by atoms with Crippen molar-refractivity contribution in [3.63, 3.8) is 0 Å². The van der Waals surface area contributed by atoms with Gasteiger partial charge in [-0.2, -0.15) is 0 Å². The summed E-state index contributed by atoms with van der Waals surface area (Å²) in [5.74, 6) is -0.787. The maximum atomic E-state index is 13.0. The molecular weight excluding hydrogens is 241 g/mol. The van der Waals surface area contributed by atoms with Gasteiger partial charge in [-0.1, -0.05) is 6.92 Å². The molecule has 1 rings (SSSR count). The predicted molar refractivity (Wildman–Crippen MR) is 66.8 cm³/mol. The summed E-state index contributed by atoms with van der Waals surface area (Å²) in [6.45, 7) is 3.65. The van der Waals surface area contributed by atoms with Crippen LogP contribution in [0.3, 0.4) is 0 Å². The highest BCUT2D eigenvalue weighted by Gasteiger charge is 2.15. The molecule has 0 aromatic heterocycles. The summed E-state index contributed by atoms with van der Waals surface area (Å²) in [6.07, 6.45) is 0. The van der Waals surface area contributed by atoms with E-state index in [0.29, 0.717) is 5.56 Å². The molecule has 0 fully saturated rings. The summed E-state index contributed by atoms with van der Waals surface area (Å²) in [7, 11) is 0. The van der Waals surface area contributed by atoms with Crippen LogP contribution in [-0.2, 0) is 0 Å². The van der Waals surface area contributed by atoms with E-state index < -0.39 is 5.82 Å². The molecule has 2 unspecified atom stereocenters. The topological polar surface area (TPSA) is 49.3 Å². The van der Waals surface area contributed by atoms with Gasteiger partial charge in [-0.25, -0.2) is 4.39 Å². The lowest BCUT2D eigenvalue weighted by molar-refractivity contribution is 0.0916. The van der Waals surface area contributed by atoms with Crippen LogP contribution in [0, 0.1) is 11.7 Å². The van der Waals surface area contributed by atoms with Crippen molar-refractivity contribution in [3.8, 4) is 0 Å². The summed E-state index contributed by atoms with van der Waals surface area (Å²) in [5.41, 5.74) is 0.355. The fourth-order valence-electron chi connectivity index (χ4n) is 1.24. The van der Waals surface area contributed by atoms with Crippen molar-refractivity contribution >= 4 is 18.5 Å². The largest absolute Gasteiger partial charge is 0.396 e. The first-order valence-electron chi connectivity index (χ1n) is 5.36. The molecule has 1 aromatic rings. The van der Waals surface area contributed by atoms with Crippen LogP contribution in [0.25, 0.3) is 0 Å². The third-order valence-corrected chi connectivity index (χ3v) is 3.05. The van der Waals surface area contributed by atoms with Crippen molar-refractivity contribution in [1.29, 1.82) is 0 Å². The minimum Gasteiger partial charge on any atom is -0.396 e. The molecule has 0 saturated heterocycles. The maximum Gasteiger partial charge on any atom is 0.251 e. The predicted octanol–water partition coefficient (Wildman–Crippen LogP) is 1.86. The van der Waals surface area contributed by atoms with Crippen molar-refractivity contribution in [2.45, 2.75) is 24.8 Å². The van der Waals surface area contributed by atoms with Crippen molar-refractivity contribution in [2.24, 2.45) is 5.92 Å². The number of rotatable bonds is 4. The van der Waals surface area contributed by atoms with Gasteiger partial charge < -0.3 is 10.4 Å². The van der Waals surface area contributed by atoms with Crippen molar-refractivity contribution in [1.82, 2.24) is 5.32 Å². The molecule has 2 atom stereocenters. The Balaban J connectivity index is 2.73. The van der Waals surface area contributed by atoms with E-state index in [1.807, 2.05) is 13.8 Å². The number of amides is 1. The van der Waals surface area contributed by atoms with Crippen LogP contribution in [0.4, 0.5) is 4.39 Å². The van der Waals surface area contributed by atoms with Gasteiger partial charge in [0.15, 0.2) is 0 Å². The molecule has 1 amide bonds. The standard InChI is InChI=1S/C12H16FNO2S/c1-7(6-15)8(2)14-12(16)9-3-4-10(13)11(17)5-9/h3-5,7-8,15,17H,6H2,1-2H3,(H,14,16). The van der Waals surface area contributed by atoms with Crippen LogP contribution >= 0.6 is 12.6 Å². The van der Waals surface area contributed by atoms with E-state index in [1.165, 1.54) is 18.2 Å². The summed E-state index contributed by atoms with van der Waals surface area (Å²) in [5, 5.41) is 11.7. The van der Waals surface area contributed by atoms with Crippen LogP contribution in [0.15, 0.2) is 23.1 Å². The monoisotopic (exact) mass is 257 g/mol. The molecule has 0 bridgehead atoms. The number of carbonyl (C=O) groups is 1. The zero-order chi connectivity index (χ0) is 13.0. The molecule has 5 heteroatoms. The molecule has 0 aliphatic heterocycles. The Labute approximate surface area is 105 Å². The van der Waals surface area contributed by atoms with Crippen molar-refractivity contribution in [3.05, 3.63) is 29.6 Å². The molecule has 94 valence electrons. The normalized spacial score (nSPS) is 14.2. The lowest BCUT2D eigenvalue weighted by atomic mass is 10.0. The average Bonchev–Trinajstić information content (AvgIpc) is 2.31. The summed E-state index contributed by atoms with van der Waals surface area (Å²) in [4.78, 5) is 11.9. The van der Waals surface area contributed by atoms with Gasteiger partial charge in [0.2, 0.25) is 0 Å². The van der Waals surface area contributed by atoms with Gasteiger partial charge in [-0.3, -0.25) is 4.79 Å². The first-order valence-corrected chi connectivity index (χ1v) is 5.80. The summed E-state index contributed by atoms with van der Waals surface area (Å²) >= 11 is 3.92. The number of aliphatic hydroxyl groups is 1. The quantitative estimate of drug-likeness (QED) is 0.721. The zero-order valence-electron chi connectivity index (χ0n) is 9.77. The van der Waals surface area contributed by atoms with Gasteiger partial charge in [-0.05, 0) is 31.0 Å². The smallest absolute Gasteiger partial charge is 0.251 e.